The minimum Gasteiger partial charge on any atom is -0.480 e. The number of carboxylic acid groups (broad SMARTS) is 1. The van der Waals surface area contributed by atoms with Crippen molar-refractivity contribution in [3.05, 3.63) is 0 Å². The van der Waals surface area contributed by atoms with E-state index >= 15 is 0 Å². The van der Waals surface area contributed by atoms with Crippen LogP contribution >= 0.6 is 0 Å². The van der Waals surface area contributed by atoms with Crippen molar-refractivity contribution in [2.75, 3.05) is 0 Å². The van der Waals surface area contributed by atoms with Gasteiger partial charge < -0.3 is 10.4 Å². The Kier molecular flexibility index (Phi) is 3.36. The first-order chi connectivity index (χ1) is 8.96. The minimum atomic E-state index is -0.739. The molecule has 0 aliphatic heterocycles. The van der Waals surface area contributed by atoms with Crippen molar-refractivity contribution in [2.45, 2.75) is 70.9 Å². The van der Waals surface area contributed by atoms with Crippen molar-refractivity contribution in [2.24, 2.45) is 23.2 Å². The molecule has 4 fully saturated rings. The van der Waals surface area contributed by atoms with Gasteiger partial charge in [-0.2, -0.15) is 0 Å². The maximum atomic E-state index is 10.9. The second kappa shape index (κ2) is 4.76. The Balaban J connectivity index is 1.61. The number of carbonyl (C=O) groups is 1. The summed E-state index contributed by atoms with van der Waals surface area (Å²) in [7, 11) is 0. The summed E-state index contributed by atoms with van der Waals surface area (Å²) in [4.78, 5) is 10.9. The van der Waals surface area contributed by atoms with Gasteiger partial charge in [0.25, 0.3) is 0 Å². The van der Waals surface area contributed by atoms with Gasteiger partial charge in [-0.1, -0.05) is 0 Å². The van der Waals surface area contributed by atoms with Gasteiger partial charge in [0, 0.05) is 6.04 Å². The van der Waals surface area contributed by atoms with E-state index in [2.05, 4.69) is 12.2 Å². The van der Waals surface area contributed by atoms with Crippen molar-refractivity contribution < 1.29 is 9.90 Å². The van der Waals surface area contributed by atoms with E-state index in [1.165, 1.54) is 44.9 Å². The van der Waals surface area contributed by atoms with E-state index < -0.39 is 12.0 Å². The molecule has 0 aromatic heterocycles. The van der Waals surface area contributed by atoms with Gasteiger partial charge >= 0.3 is 5.97 Å². The molecule has 0 amide bonds. The summed E-state index contributed by atoms with van der Waals surface area (Å²) in [6.07, 6.45) is 9.84. The molecular formula is C16H27NO2. The zero-order valence-electron chi connectivity index (χ0n) is 12.2. The summed E-state index contributed by atoms with van der Waals surface area (Å²) < 4.78 is 0. The maximum Gasteiger partial charge on any atom is 0.320 e. The summed E-state index contributed by atoms with van der Waals surface area (Å²) in [5.74, 6) is 2.21. The van der Waals surface area contributed by atoms with Crippen LogP contribution in [-0.2, 0) is 4.79 Å². The molecule has 0 aromatic carbocycles. The molecule has 0 radical (unpaired) electrons. The van der Waals surface area contributed by atoms with Crippen LogP contribution < -0.4 is 5.32 Å². The third-order valence-corrected chi connectivity index (χ3v) is 5.81. The van der Waals surface area contributed by atoms with Gasteiger partial charge in [-0.25, -0.2) is 0 Å². The van der Waals surface area contributed by atoms with Crippen molar-refractivity contribution in [3.63, 3.8) is 0 Å². The summed E-state index contributed by atoms with van der Waals surface area (Å²) in [6.45, 7) is 3.91. The Morgan fingerprint density at radius 1 is 1.16 bits per heavy atom. The second-order valence-corrected chi connectivity index (χ2v) is 7.75. The molecule has 108 valence electrons. The molecule has 0 spiro atoms. The van der Waals surface area contributed by atoms with Crippen molar-refractivity contribution >= 4 is 5.97 Å². The molecule has 4 bridgehead atoms. The lowest BCUT2D eigenvalue weighted by Crippen LogP contribution is -2.50. The normalized spacial score (nSPS) is 43.2. The van der Waals surface area contributed by atoms with Crippen LogP contribution in [-0.4, -0.2) is 23.2 Å². The average Bonchev–Trinajstić information content (AvgIpc) is 2.25. The molecule has 0 saturated heterocycles. The number of rotatable bonds is 5. The number of aliphatic carboxylic acids is 1. The molecule has 4 aliphatic rings. The van der Waals surface area contributed by atoms with E-state index in [1.807, 2.05) is 0 Å². The highest BCUT2D eigenvalue weighted by Gasteiger charge is 2.50. The van der Waals surface area contributed by atoms with Crippen molar-refractivity contribution in [1.82, 2.24) is 5.32 Å². The molecule has 4 rings (SSSR count). The molecule has 3 nitrogen and oxygen atoms in total. The molecule has 4 aliphatic carbocycles. The topological polar surface area (TPSA) is 49.3 Å². The van der Waals surface area contributed by atoms with Crippen LogP contribution in [0, 0.1) is 23.2 Å². The Hall–Kier alpha value is -0.570. The largest absolute Gasteiger partial charge is 0.480 e. The first kappa shape index (κ1) is 13.4. The fraction of sp³-hybridized carbons (Fsp3) is 0.938. The Morgan fingerprint density at radius 2 is 1.63 bits per heavy atom. The summed E-state index contributed by atoms with van der Waals surface area (Å²) >= 11 is 0. The number of nitrogens with one attached hydrogen (secondary N) is 1. The van der Waals surface area contributed by atoms with E-state index in [0.29, 0.717) is 11.5 Å². The molecule has 0 heterocycles. The van der Waals surface area contributed by atoms with Gasteiger partial charge in [-0.3, -0.25) is 4.79 Å². The minimum absolute atomic E-state index is 0.322. The fourth-order valence-corrected chi connectivity index (χ4v) is 5.75. The van der Waals surface area contributed by atoms with Gasteiger partial charge in [0.2, 0.25) is 0 Å². The number of hydrogen-bond acceptors (Lipinski definition) is 2. The first-order valence-corrected chi connectivity index (χ1v) is 7.95. The summed E-state index contributed by atoms with van der Waals surface area (Å²) in [5.41, 5.74) is 0.541. The maximum absolute atomic E-state index is 10.9. The monoisotopic (exact) mass is 265 g/mol. The van der Waals surface area contributed by atoms with E-state index in [-0.39, 0.29) is 0 Å². The van der Waals surface area contributed by atoms with Gasteiger partial charge in [0.15, 0.2) is 0 Å². The second-order valence-electron chi connectivity index (χ2n) is 7.75. The van der Waals surface area contributed by atoms with Gasteiger partial charge in [-0.05, 0) is 82.0 Å². The van der Waals surface area contributed by atoms with Crippen LogP contribution in [0.4, 0.5) is 0 Å². The number of hydrogen-bond donors (Lipinski definition) is 2. The molecule has 2 atom stereocenters. The first-order valence-electron chi connectivity index (χ1n) is 7.95. The van der Waals surface area contributed by atoms with Crippen LogP contribution in [0.5, 0.6) is 0 Å². The molecular weight excluding hydrogens is 238 g/mol. The van der Waals surface area contributed by atoms with Crippen LogP contribution in [0.25, 0.3) is 0 Å². The third-order valence-electron chi connectivity index (χ3n) is 5.81. The molecule has 3 heteroatoms. The predicted molar refractivity (Wildman–Crippen MR) is 74.9 cm³/mol. The summed E-state index contributed by atoms with van der Waals surface area (Å²) in [5, 5.41) is 12.3. The lowest BCUT2D eigenvalue weighted by atomic mass is 9.48. The molecule has 4 saturated carbocycles. The third kappa shape index (κ3) is 2.67. The zero-order valence-corrected chi connectivity index (χ0v) is 12.2. The SMILES string of the molecule is CC(CC12CC3CC(CC(C3)C1)C2)NC(C)C(=O)O. The Labute approximate surface area is 116 Å². The van der Waals surface area contributed by atoms with E-state index in [4.69, 9.17) is 5.11 Å². The summed E-state index contributed by atoms with van der Waals surface area (Å²) in [6, 6.07) is -0.105. The average molecular weight is 265 g/mol. The van der Waals surface area contributed by atoms with Crippen molar-refractivity contribution in [1.29, 1.82) is 0 Å². The van der Waals surface area contributed by atoms with Gasteiger partial charge in [0.1, 0.15) is 6.04 Å². The standard InChI is InChI=1S/C16H27NO2/c1-10(17-11(2)15(18)19)6-16-7-12-3-13(8-16)5-14(4-12)9-16/h10-14,17H,3-9H2,1-2H3,(H,18,19). The van der Waals surface area contributed by atoms with Gasteiger partial charge in [-0.15, -0.1) is 0 Å². The highest BCUT2D eigenvalue weighted by molar-refractivity contribution is 5.72. The van der Waals surface area contributed by atoms with Crippen LogP contribution in [0.1, 0.15) is 58.8 Å². The predicted octanol–water partition coefficient (Wildman–Crippen LogP) is 3.04. The van der Waals surface area contributed by atoms with Gasteiger partial charge in [0.05, 0.1) is 0 Å². The van der Waals surface area contributed by atoms with Crippen LogP contribution in [0.15, 0.2) is 0 Å². The Bertz CT molecular complexity index is 330. The van der Waals surface area contributed by atoms with Crippen molar-refractivity contribution in [3.8, 4) is 0 Å². The lowest BCUT2D eigenvalue weighted by molar-refractivity contribution is -0.139. The van der Waals surface area contributed by atoms with E-state index in [9.17, 15) is 4.79 Å². The van der Waals surface area contributed by atoms with E-state index in [0.717, 1.165) is 17.8 Å². The smallest absolute Gasteiger partial charge is 0.320 e. The van der Waals surface area contributed by atoms with E-state index in [1.54, 1.807) is 6.92 Å². The highest BCUT2D eigenvalue weighted by atomic mass is 16.4. The lowest BCUT2D eigenvalue weighted by Gasteiger charge is -2.57. The molecule has 2 N–H and O–H groups in total. The quantitative estimate of drug-likeness (QED) is 0.803. The molecule has 2 unspecified atom stereocenters. The molecule has 0 aromatic rings. The number of carboxylic acids is 1. The van der Waals surface area contributed by atoms with Crippen LogP contribution in [0.3, 0.4) is 0 Å². The van der Waals surface area contributed by atoms with Crippen LogP contribution in [0.2, 0.25) is 0 Å². The zero-order chi connectivity index (χ0) is 13.6. The fourth-order valence-electron chi connectivity index (χ4n) is 5.75. The highest BCUT2D eigenvalue weighted by Crippen LogP contribution is 2.61. The molecule has 19 heavy (non-hydrogen) atoms. The Morgan fingerprint density at radius 3 is 2.05 bits per heavy atom.